The van der Waals surface area contributed by atoms with Gasteiger partial charge in [-0.25, -0.2) is 8.78 Å². The Hall–Kier alpha value is -0.750. The molecule has 1 amide bonds. The molecule has 1 aliphatic rings. The number of alkyl halides is 2. The fourth-order valence-electron chi connectivity index (χ4n) is 1.13. The Morgan fingerprint density at radius 2 is 2.21 bits per heavy atom. The summed E-state index contributed by atoms with van der Waals surface area (Å²) in [6.45, 7) is 1.21. The number of nitrogens with one attached hydrogen (secondary N) is 2. The number of carbonyl (C=O) groups excluding carboxylic acids is 1. The highest BCUT2D eigenvalue weighted by molar-refractivity contribution is 5.76. The minimum Gasteiger partial charge on any atom is -0.385 e. The van der Waals surface area contributed by atoms with E-state index >= 15 is 0 Å². The molecule has 6 heteroatoms. The Morgan fingerprint density at radius 3 is 2.64 bits per heavy atom. The van der Waals surface area contributed by atoms with Gasteiger partial charge in [-0.15, -0.1) is 0 Å². The van der Waals surface area contributed by atoms with Gasteiger partial charge in [0.1, 0.15) is 6.10 Å². The Kier molecular flexibility index (Phi) is 4.21. The van der Waals surface area contributed by atoms with E-state index in [4.69, 9.17) is 5.11 Å². The van der Waals surface area contributed by atoms with E-state index in [0.717, 1.165) is 13.1 Å². The molecule has 4 nitrogen and oxygen atoms in total. The number of carbonyl (C=O) groups is 1. The van der Waals surface area contributed by atoms with Crippen molar-refractivity contribution in [3.8, 4) is 0 Å². The van der Waals surface area contributed by atoms with Crippen molar-refractivity contribution in [3.63, 3.8) is 0 Å². The van der Waals surface area contributed by atoms with Crippen LogP contribution < -0.4 is 10.6 Å². The topological polar surface area (TPSA) is 61.4 Å². The summed E-state index contributed by atoms with van der Waals surface area (Å²) in [6.07, 6.45) is -4.23. The average molecular weight is 208 g/mol. The second-order valence-corrected chi connectivity index (χ2v) is 3.43. The molecular formula is C8H14F2N2O2. The second kappa shape index (κ2) is 5.21. The van der Waals surface area contributed by atoms with Gasteiger partial charge in [-0.05, 0) is 19.0 Å². The van der Waals surface area contributed by atoms with Crippen LogP contribution in [0.4, 0.5) is 8.78 Å². The number of hydrogen-bond acceptors (Lipinski definition) is 3. The Balaban J connectivity index is 2.07. The maximum atomic E-state index is 11.8. The van der Waals surface area contributed by atoms with E-state index in [2.05, 4.69) is 10.6 Å². The van der Waals surface area contributed by atoms with Crippen molar-refractivity contribution in [3.05, 3.63) is 0 Å². The number of amides is 1. The fourth-order valence-corrected chi connectivity index (χ4v) is 1.13. The molecular weight excluding hydrogens is 194 g/mol. The van der Waals surface area contributed by atoms with Gasteiger partial charge in [0.2, 0.25) is 5.91 Å². The van der Waals surface area contributed by atoms with Gasteiger partial charge in [-0.2, -0.15) is 0 Å². The summed E-state index contributed by atoms with van der Waals surface area (Å²) in [5, 5.41) is 14.0. The van der Waals surface area contributed by atoms with Gasteiger partial charge in [-0.1, -0.05) is 0 Å². The maximum Gasteiger partial charge on any atom is 0.265 e. The van der Waals surface area contributed by atoms with Crippen molar-refractivity contribution < 1.29 is 18.7 Å². The summed E-state index contributed by atoms with van der Waals surface area (Å²) < 4.78 is 23.6. The van der Waals surface area contributed by atoms with Crippen LogP contribution in [0, 0.1) is 5.92 Å². The summed E-state index contributed by atoms with van der Waals surface area (Å²) in [7, 11) is 0. The normalized spacial score (nSPS) is 19.1. The zero-order valence-corrected chi connectivity index (χ0v) is 7.67. The van der Waals surface area contributed by atoms with E-state index in [0.29, 0.717) is 12.3 Å². The molecule has 14 heavy (non-hydrogen) atoms. The van der Waals surface area contributed by atoms with Crippen LogP contribution in [-0.4, -0.2) is 43.2 Å². The number of rotatable bonds is 5. The predicted molar refractivity (Wildman–Crippen MR) is 46.0 cm³/mol. The van der Waals surface area contributed by atoms with Crippen molar-refractivity contribution in [2.24, 2.45) is 5.92 Å². The van der Waals surface area contributed by atoms with E-state index in [1.165, 1.54) is 0 Å². The molecule has 1 heterocycles. The van der Waals surface area contributed by atoms with Gasteiger partial charge < -0.3 is 15.7 Å². The van der Waals surface area contributed by atoms with Crippen LogP contribution in [0.1, 0.15) is 6.42 Å². The molecule has 1 atom stereocenters. The number of aliphatic hydroxyl groups excluding tert-OH is 1. The first kappa shape index (κ1) is 11.3. The van der Waals surface area contributed by atoms with Crippen molar-refractivity contribution in [2.45, 2.75) is 19.0 Å². The lowest BCUT2D eigenvalue weighted by atomic mass is 9.99. The lowest BCUT2D eigenvalue weighted by Crippen LogP contribution is -2.45. The molecule has 0 saturated carbocycles. The van der Waals surface area contributed by atoms with Crippen molar-refractivity contribution in [1.29, 1.82) is 0 Å². The number of halogens is 2. The third-order valence-corrected chi connectivity index (χ3v) is 2.14. The Labute approximate surface area is 80.7 Å². The highest BCUT2D eigenvalue weighted by atomic mass is 19.3. The molecule has 1 aliphatic heterocycles. The standard InChI is InChI=1S/C8H14F2N2O2/c9-8(10)6(13)4-12-7(14)1-5-2-11-3-5/h5-6,8,11,13H,1-4H2,(H,12,14). The first-order chi connectivity index (χ1) is 6.59. The minimum absolute atomic E-state index is 0.281. The third-order valence-electron chi connectivity index (χ3n) is 2.14. The summed E-state index contributed by atoms with van der Waals surface area (Å²) >= 11 is 0. The third kappa shape index (κ3) is 3.55. The van der Waals surface area contributed by atoms with E-state index in [-0.39, 0.29) is 12.5 Å². The Bertz CT molecular complexity index is 198. The van der Waals surface area contributed by atoms with Gasteiger partial charge >= 0.3 is 0 Å². The number of hydrogen-bond donors (Lipinski definition) is 3. The summed E-state index contributed by atoms with van der Waals surface area (Å²) in [5.41, 5.74) is 0. The average Bonchev–Trinajstić information content (AvgIpc) is 2.07. The highest BCUT2D eigenvalue weighted by Crippen LogP contribution is 2.07. The van der Waals surface area contributed by atoms with E-state index in [1.807, 2.05) is 0 Å². The molecule has 1 saturated heterocycles. The van der Waals surface area contributed by atoms with Gasteiger partial charge in [-0.3, -0.25) is 4.79 Å². The van der Waals surface area contributed by atoms with Gasteiger partial charge in [0, 0.05) is 13.0 Å². The smallest absolute Gasteiger partial charge is 0.265 e. The summed E-state index contributed by atoms with van der Waals surface area (Å²) in [4.78, 5) is 11.1. The van der Waals surface area contributed by atoms with Crippen LogP contribution in [0.3, 0.4) is 0 Å². The van der Waals surface area contributed by atoms with Crippen molar-refractivity contribution in [1.82, 2.24) is 10.6 Å². The summed E-state index contributed by atoms with van der Waals surface area (Å²) in [6, 6.07) is 0. The van der Waals surface area contributed by atoms with Gasteiger partial charge in [0.05, 0.1) is 0 Å². The second-order valence-electron chi connectivity index (χ2n) is 3.43. The van der Waals surface area contributed by atoms with Crippen LogP contribution in [0.15, 0.2) is 0 Å². The largest absolute Gasteiger partial charge is 0.385 e. The van der Waals surface area contributed by atoms with Crippen LogP contribution in [0.25, 0.3) is 0 Å². The highest BCUT2D eigenvalue weighted by Gasteiger charge is 2.21. The molecule has 0 radical (unpaired) electrons. The first-order valence-electron chi connectivity index (χ1n) is 4.53. The van der Waals surface area contributed by atoms with Crippen molar-refractivity contribution in [2.75, 3.05) is 19.6 Å². The number of aliphatic hydroxyl groups is 1. The van der Waals surface area contributed by atoms with Crippen LogP contribution in [0.5, 0.6) is 0 Å². The fraction of sp³-hybridized carbons (Fsp3) is 0.875. The molecule has 1 fully saturated rings. The monoisotopic (exact) mass is 208 g/mol. The lowest BCUT2D eigenvalue weighted by molar-refractivity contribution is -0.123. The molecule has 0 spiro atoms. The van der Waals surface area contributed by atoms with E-state index in [9.17, 15) is 13.6 Å². The molecule has 0 bridgehead atoms. The summed E-state index contributed by atoms with van der Waals surface area (Å²) in [5.74, 6) is 0.0230. The lowest BCUT2D eigenvalue weighted by Gasteiger charge is -2.26. The molecule has 3 N–H and O–H groups in total. The van der Waals surface area contributed by atoms with E-state index in [1.54, 1.807) is 0 Å². The molecule has 0 aliphatic carbocycles. The van der Waals surface area contributed by atoms with Crippen LogP contribution >= 0.6 is 0 Å². The Morgan fingerprint density at radius 1 is 1.57 bits per heavy atom. The molecule has 1 unspecified atom stereocenters. The molecule has 82 valence electrons. The van der Waals surface area contributed by atoms with Crippen LogP contribution in [-0.2, 0) is 4.79 Å². The van der Waals surface area contributed by atoms with Gasteiger partial charge in [0.25, 0.3) is 6.43 Å². The van der Waals surface area contributed by atoms with Crippen molar-refractivity contribution >= 4 is 5.91 Å². The molecule has 0 aromatic rings. The SMILES string of the molecule is O=C(CC1CNC1)NCC(O)C(F)F. The van der Waals surface area contributed by atoms with Crippen LogP contribution in [0.2, 0.25) is 0 Å². The van der Waals surface area contributed by atoms with Gasteiger partial charge in [0.15, 0.2) is 0 Å². The zero-order chi connectivity index (χ0) is 10.6. The quantitative estimate of drug-likeness (QED) is 0.562. The first-order valence-corrected chi connectivity index (χ1v) is 4.53. The molecule has 0 aromatic carbocycles. The molecule has 0 aromatic heterocycles. The maximum absolute atomic E-state index is 11.8. The molecule has 1 rings (SSSR count). The predicted octanol–water partition coefficient (Wildman–Crippen LogP) is -0.662. The zero-order valence-electron chi connectivity index (χ0n) is 7.67. The van der Waals surface area contributed by atoms with E-state index < -0.39 is 12.5 Å². The minimum atomic E-state index is -2.80.